The molecule has 2 heteroatoms. The average molecular weight is 210 g/mol. The van der Waals surface area contributed by atoms with Gasteiger partial charge in [0.2, 0.25) is 0 Å². The normalized spacial score (nSPS) is 20.9. The van der Waals surface area contributed by atoms with Crippen LogP contribution in [0.4, 0.5) is 0 Å². The standard InChI is InChI=1S/C13H26N2/c1-4-9-15(10-7-12(2)3)11-13-6-5-8-14-13/h7,13-14H,4-6,8-11H2,1-3H3. The van der Waals surface area contributed by atoms with Gasteiger partial charge in [0.15, 0.2) is 0 Å². The summed E-state index contributed by atoms with van der Waals surface area (Å²) in [6, 6.07) is 0.738. The minimum Gasteiger partial charge on any atom is -0.313 e. The second-order valence-electron chi connectivity index (χ2n) is 4.83. The fourth-order valence-corrected chi connectivity index (χ4v) is 2.11. The Hall–Kier alpha value is -0.340. The molecular formula is C13H26N2. The van der Waals surface area contributed by atoms with Crippen molar-refractivity contribution in [1.82, 2.24) is 10.2 Å². The summed E-state index contributed by atoms with van der Waals surface area (Å²) in [7, 11) is 0. The van der Waals surface area contributed by atoms with Gasteiger partial charge in [0.25, 0.3) is 0 Å². The van der Waals surface area contributed by atoms with Crippen LogP contribution in [-0.4, -0.2) is 37.1 Å². The highest BCUT2D eigenvalue weighted by molar-refractivity contribution is 4.95. The summed E-state index contributed by atoms with van der Waals surface area (Å²) in [6.45, 7) is 11.4. The Morgan fingerprint density at radius 3 is 2.80 bits per heavy atom. The molecule has 0 aromatic heterocycles. The highest BCUT2D eigenvalue weighted by Gasteiger charge is 2.16. The minimum absolute atomic E-state index is 0.738. The Balaban J connectivity index is 2.31. The van der Waals surface area contributed by atoms with E-state index in [2.05, 4.69) is 37.1 Å². The highest BCUT2D eigenvalue weighted by atomic mass is 15.1. The van der Waals surface area contributed by atoms with Crippen LogP contribution >= 0.6 is 0 Å². The summed E-state index contributed by atoms with van der Waals surface area (Å²) in [5, 5.41) is 3.57. The van der Waals surface area contributed by atoms with Gasteiger partial charge in [-0.05, 0) is 46.2 Å². The maximum absolute atomic E-state index is 3.57. The molecule has 0 radical (unpaired) electrons. The second kappa shape index (κ2) is 7.02. The van der Waals surface area contributed by atoms with E-state index < -0.39 is 0 Å². The molecule has 1 aliphatic heterocycles. The Bertz CT molecular complexity index is 189. The summed E-state index contributed by atoms with van der Waals surface area (Å²) >= 11 is 0. The van der Waals surface area contributed by atoms with Crippen molar-refractivity contribution in [3.63, 3.8) is 0 Å². The van der Waals surface area contributed by atoms with E-state index in [4.69, 9.17) is 0 Å². The molecule has 0 bridgehead atoms. The number of hydrogen-bond acceptors (Lipinski definition) is 2. The van der Waals surface area contributed by atoms with Crippen LogP contribution in [0.15, 0.2) is 11.6 Å². The number of rotatable bonds is 6. The van der Waals surface area contributed by atoms with Crippen LogP contribution in [0.3, 0.4) is 0 Å². The van der Waals surface area contributed by atoms with E-state index in [1.807, 2.05) is 0 Å². The number of nitrogens with zero attached hydrogens (tertiary/aromatic N) is 1. The van der Waals surface area contributed by atoms with E-state index in [-0.39, 0.29) is 0 Å². The van der Waals surface area contributed by atoms with Crippen LogP contribution in [0, 0.1) is 0 Å². The molecule has 0 aliphatic carbocycles. The second-order valence-corrected chi connectivity index (χ2v) is 4.83. The van der Waals surface area contributed by atoms with Gasteiger partial charge in [0.05, 0.1) is 0 Å². The molecule has 2 nitrogen and oxygen atoms in total. The minimum atomic E-state index is 0.738. The monoisotopic (exact) mass is 210 g/mol. The molecule has 15 heavy (non-hydrogen) atoms. The molecule has 0 aromatic rings. The molecule has 0 saturated carbocycles. The van der Waals surface area contributed by atoms with E-state index >= 15 is 0 Å². The molecule has 0 spiro atoms. The molecule has 0 aromatic carbocycles. The average Bonchev–Trinajstić information content (AvgIpc) is 2.67. The van der Waals surface area contributed by atoms with Crippen LogP contribution in [0.1, 0.15) is 40.0 Å². The Kier molecular flexibility index (Phi) is 5.96. The SMILES string of the molecule is CCCN(CC=C(C)C)CC1CCCN1. The van der Waals surface area contributed by atoms with Crippen molar-refractivity contribution in [2.75, 3.05) is 26.2 Å². The topological polar surface area (TPSA) is 15.3 Å². The van der Waals surface area contributed by atoms with Gasteiger partial charge in [-0.25, -0.2) is 0 Å². The zero-order chi connectivity index (χ0) is 11.1. The third kappa shape index (κ3) is 5.33. The maximum atomic E-state index is 3.57. The first-order valence-corrected chi connectivity index (χ1v) is 6.31. The fraction of sp³-hybridized carbons (Fsp3) is 0.846. The first kappa shape index (κ1) is 12.7. The smallest absolute Gasteiger partial charge is 0.0195 e. The summed E-state index contributed by atoms with van der Waals surface area (Å²) in [5.74, 6) is 0. The summed E-state index contributed by atoms with van der Waals surface area (Å²) < 4.78 is 0. The van der Waals surface area contributed by atoms with Gasteiger partial charge in [-0.3, -0.25) is 4.90 Å². The van der Waals surface area contributed by atoms with Crippen molar-refractivity contribution in [2.24, 2.45) is 0 Å². The number of allylic oxidation sites excluding steroid dienone is 1. The van der Waals surface area contributed by atoms with Crippen molar-refractivity contribution in [1.29, 1.82) is 0 Å². The predicted molar refractivity (Wildman–Crippen MR) is 67.2 cm³/mol. The molecular weight excluding hydrogens is 184 g/mol. The molecule has 1 heterocycles. The maximum Gasteiger partial charge on any atom is 0.0195 e. The number of nitrogens with one attached hydrogen (secondary N) is 1. The van der Waals surface area contributed by atoms with Crippen LogP contribution in [0.25, 0.3) is 0 Å². The quantitative estimate of drug-likeness (QED) is 0.677. The molecule has 0 amide bonds. The highest BCUT2D eigenvalue weighted by Crippen LogP contribution is 2.07. The third-order valence-electron chi connectivity index (χ3n) is 2.94. The van der Waals surface area contributed by atoms with E-state index in [9.17, 15) is 0 Å². The van der Waals surface area contributed by atoms with Crippen LogP contribution in [0.5, 0.6) is 0 Å². The van der Waals surface area contributed by atoms with Gasteiger partial charge >= 0.3 is 0 Å². The lowest BCUT2D eigenvalue weighted by Crippen LogP contribution is -2.38. The molecule has 1 rings (SSSR count). The van der Waals surface area contributed by atoms with Gasteiger partial charge < -0.3 is 5.32 Å². The summed E-state index contributed by atoms with van der Waals surface area (Å²) in [5.41, 5.74) is 1.43. The molecule has 1 N–H and O–H groups in total. The fourth-order valence-electron chi connectivity index (χ4n) is 2.11. The molecule has 1 aliphatic rings. The Morgan fingerprint density at radius 1 is 1.47 bits per heavy atom. The van der Waals surface area contributed by atoms with Crippen LogP contribution in [0.2, 0.25) is 0 Å². The predicted octanol–water partition coefficient (Wildman–Crippen LogP) is 2.42. The lowest BCUT2D eigenvalue weighted by molar-refractivity contribution is 0.273. The van der Waals surface area contributed by atoms with Gasteiger partial charge in [0, 0.05) is 19.1 Å². The lowest BCUT2D eigenvalue weighted by Gasteiger charge is -2.24. The van der Waals surface area contributed by atoms with Crippen molar-refractivity contribution < 1.29 is 0 Å². The molecule has 88 valence electrons. The third-order valence-corrected chi connectivity index (χ3v) is 2.94. The molecule has 1 unspecified atom stereocenters. The van der Waals surface area contributed by atoms with Crippen molar-refractivity contribution in [3.8, 4) is 0 Å². The first-order chi connectivity index (χ1) is 7.22. The van der Waals surface area contributed by atoms with E-state index in [0.717, 1.165) is 12.6 Å². The Morgan fingerprint density at radius 2 is 2.27 bits per heavy atom. The zero-order valence-corrected chi connectivity index (χ0v) is 10.6. The van der Waals surface area contributed by atoms with Crippen LogP contribution in [-0.2, 0) is 0 Å². The lowest BCUT2D eigenvalue weighted by atomic mass is 10.2. The summed E-state index contributed by atoms with van der Waals surface area (Å²) in [4.78, 5) is 2.57. The van der Waals surface area contributed by atoms with Gasteiger partial charge in [-0.15, -0.1) is 0 Å². The van der Waals surface area contributed by atoms with E-state index in [0.29, 0.717) is 0 Å². The zero-order valence-electron chi connectivity index (χ0n) is 10.6. The van der Waals surface area contributed by atoms with Gasteiger partial charge in [0.1, 0.15) is 0 Å². The van der Waals surface area contributed by atoms with Gasteiger partial charge in [-0.1, -0.05) is 18.6 Å². The van der Waals surface area contributed by atoms with Crippen molar-refractivity contribution in [2.45, 2.75) is 46.1 Å². The summed E-state index contributed by atoms with van der Waals surface area (Å²) in [6.07, 6.45) is 6.30. The molecule has 1 saturated heterocycles. The van der Waals surface area contributed by atoms with E-state index in [1.165, 1.54) is 44.5 Å². The van der Waals surface area contributed by atoms with Crippen molar-refractivity contribution >= 4 is 0 Å². The first-order valence-electron chi connectivity index (χ1n) is 6.31. The van der Waals surface area contributed by atoms with Crippen LogP contribution < -0.4 is 5.32 Å². The van der Waals surface area contributed by atoms with Crippen molar-refractivity contribution in [3.05, 3.63) is 11.6 Å². The number of hydrogen-bond donors (Lipinski definition) is 1. The largest absolute Gasteiger partial charge is 0.313 e. The Labute approximate surface area is 94.7 Å². The molecule has 1 atom stereocenters. The van der Waals surface area contributed by atoms with Gasteiger partial charge in [-0.2, -0.15) is 0 Å². The van der Waals surface area contributed by atoms with E-state index in [1.54, 1.807) is 0 Å². The molecule has 1 fully saturated rings.